The van der Waals surface area contributed by atoms with E-state index in [4.69, 9.17) is 18.3 Å². The summed E-state index contributed by atoms with van der Waals surface area (Å²) in [5.74, 6) is -2.40. The molecule has 8 nitrogen and oxygen atoms in total. The maximum atomic E-state index is 13.4. The molecule has 0 radical (unpaired) electrons. The molecule has 128 valence electrons. The van der Waals surface area contributed by atoms with Crippen LogP contribution in [-0.2, 0) is 32.5 Å². The first-order chi connectivity index (χ1) is 10.8. The fourth-order valence-corrected chi connectivity index (χ4v) is 4.20. The Morgan fingerprint density at radius 2 is 2.13 bits per heavy atom. The predicted octanol–water partition coefficient (Wildman–Crippen LogP) is 1.66. The lowest BCUT2D eigenvalue weighted by atomic mass is 10.1. The van der Waals surface area contributed by atoms with E-state index in [-0.39, 0.29) is 19.1 Å². The fourth-order valence-electron chi connectivity index (χ4n) is 2.63. The molecule has 3 aliphatic heterocycles. The summed E-state index contributed by atoms with van der Waals surface area (Å²) in [5.41, 5.74) is 0. The number of hydrogen-bond donors (Lipinski definition) is 0. The van der Waals surface area contributed by atoms with Crippen LogP contribution in [0.2, 0.25) is 0 Å². The molecule has 3 aliphatic rings. The number of carbonyl (C=O) groups is 2. The Bertz CT molecular complexity index is 607. The van der Waals surface area contributed by atoms with Crippen molar-refractivity contribution in [3.63, 3.8) is 0 Å². The third-order valence-electron chi connectivity index (χ3n) is 3.61. The summed E-state index contributed by atoms with van der Waals surface area (Å²) in [6.45, 7) is 3.38. The van der Waals surface area contributed by atoms with Gasteiger partial charge in [-0.15, -0.1) is 0 Å². The van der Waals surface area contributed by atoms with E-state index in [0.29, 0.717) is 0 Å². The normalized spacial score (nSPS) is 38.0. The van der Waals surface area contributed by atoms with Crippen molar-refractivity contribution in [2.75, 3.05) is 6.61 Å². The zero-order valence-electron chi connectivity index (χ0n) is 12.6. The highest BCUT2D eigenvalue weighted by atomic mass is 31.2. The summed E-state index contributed by atoms with van der Waals surface area (Å²) in [6, 6.07) is 0. The van der Waals surface area contributed by atoms with Crippen LogP contribution in [0.1, 0.15) is 26.7 Å². The molecule has 2 fully saturated rings. The smallest absolute Gasteiger partial charge is 0.349 e. The minimum Gasteiger partial charge on any atom is -0.349 e. The Balaban J connectivity index is 1.70. The zero-order chi connectivity index (χ0) is 16.8. The third kappa shape index (κ3) is 3.39. The molecule has 0 aliphatic carbocycles. The Labute approximate surface area is 132 Å². The number of fused-ring (bicyclic) bond motifs is 1. The number of allylic oxidation sites excluding steroid dienone is 1. The minimum absolute atomic E-state index is 0.0156. The van der Waals surface area contributed by atoms with Gasteiger partial charge in [-0.05, 0) is 13.8 Å². The largest absolute Gasteiger partial charge is 0.475 e. The number of phosphoric ester groups is 1. The van der Waals surface area contributed by atoms with Gasteiger partial charge >= 0.3 is 7.82 Å². The number of hydrogen-bond acceptors (Lipinski definition) is 7. The summed E-state index contributed by atoms with van der Waals surface area (Å²) in [7, 11) is -3.67. The topological polar surface area (TPSA) is 91.4 Å². The standard InChI is InChI=1S/C13H17FNO7P/c1-7(2)21-23(18)19-6-11-10(22-23)4-13(20-11)15-5-8(14)9(16)3-12(15)17/h5,7,10-11,13H,3-4,6H2,1-2H3/t10-,11+,13+,23?/m0/s1. The van der Waals surface area contributed by atoms with Crippen molar-refractivity contribution in [2.24, 2.45) is 0 Å². The average Bonchev–Trinajstić information content (AvgIpc) is 2.83. The maximum Gasteiger partial charge on any atom is 0.475 e. The number of ether oxygens (including phenoxy) is 1. The van der Waals surface area contributed by atoms with Gasteiger partial charge in [-0.3, -0.25) is 28.1 Å². The van der Waals surface area contributed by atoms with E-state index in [1.807, 2.05) is 0 Å². The zero-order valence-corrected chi connectivity index (χ0v) is 13.5. The van der Waals surface area contributed by atoms with Crippen LogP contribution in [0, 0.1) is 0 Å². The van der Waals surface area contributed by atoms with Gasteiger partial charge in [0.05, 0.1) is 19.1 Å². The highest BCUT2D eigenvalue weighted by Crippen LogP contribution is 2.56. The molecule has 3 rings (SSSR count). The number of phosphoric acid groups is 1. The first kappa shape index (κ1) is 16.7. The van der Waals surface area contributed by atoms with Crippen LogP contribution in [0.3, 0.4) is 0 Å². The highest BCUT2D eigenvalue weighted by Gasteiger charge is 2.49. The molecule has 0 aromatic carbocycles. The van der Waals surface area contributed by atoms with Gasteiger partial charge in [0.1, 0.15) is 18.4 Å². The van der Waals surface area contributed by atoms with Crippen LogP contribution >= 0.6 is 7.82 Å². The van der Waals surface area contributed by atoms with Gasteiger partial charge in [0.2, 0.25) is 11.7 Å². The molecular formula is C13H17FNO7P. The number of nitrogens with zero attached hydrogens (tertiary/aromatic N) is 1. The van der Waals surface area contributed by atoms with Gasteiger partial charge < -0.3 is 4.74 Å². The second-order valence-electron chi connectivity index (χ2n) is 5.78. The predicted molar refractivity (Wildman–Crippen MR) is 73.6 cm³/mol. The van der Waals surface area contributed by atoms with Gasteiger partial charge in [0.15, 0.2) is 5.83 Å². The molecule has 1 amide bonds. The average molecular weight is 349 g/mol. The first-order valence-corrected chi connectivity index (χ1v) is 8.72. The first-order valence-electron chi connectivity index (χ1n) is 7.26. The second-order valence-corrected chi connectivity index (χ2v) is 7.36. The number of amides is 1. The number of carbonyl (C=O) groups excluding carboxylic acids is 2. The lowest BCUT2D eigenvalue weighted by molar-refractivity contribution is -0.146. The van der Waals surface area contributed by atoms with Crippen molar-refractivity contribution >= 4 is 19.5 Å². The quantitative estimate of drug-likeness (QED) is 0.565. The summed E-state index contributed by atoms with van der Waals surface area (Å²) in [4.78, 5) is 24.1. The van der Waals surface area contributed by atoms with Crippen molar-refractivity contribution in [1.82, 2.24) is 4.90 Å². The highest BCUT2D eigenvalue weighted by molar-refractivity contribution is 7.48. The second kappa shape index (κ2) is 6.07. The van der Waals surface area contributed by atoms with Crippen molar-refractivity contribution in [3.05, 3.63) is 12.0 Å². The van der Waals surface area contributed by atoms with Crippen molar-refractivity contribution in [1.29, 1.82) is 0 Å². The fraction of sp³-hybridized carbons (Fsp3) is 0.692. The number of ketones is 1. The van der Waals surface area contributed by atoms with E-state index in [9.17, 15) is 18.5 Å². The number of Topliss-reactive ketones (excluding diaryl/α,β-unsaturated/α-hetero) is 1. The maximum absolute atomic E-state index is 13.4. The molecule has 2 saturated heterocycles. The molecule has 0 saturated carbocycles. The van der Waals surface area contributed by atoms with E-state index >= 15 is 0 Å². The monoisotopic (exact) mass is 349 g/mol. The van der Waals surface area contributed by atoms with E-state index in [0.717, 1.165) is 11.1 Å². The van der Waals surface area contributed by atoms with E-state index in [2.05, 4.69) is 0 Å². The van der Waals surface area contributed by atoms with Crippen molar-refractivity contribution in [3.8, 4) is 0 Å². The lowest BCUT2D eigenvalue weighted by Crippen LogP contribution is -2.40. The van der Waals surface area contributed by atoms with Crippen LogP contribution in [0.25, 0.3) is 0 Å². The summed E-state index contributed by atoms with van der Waals surface area (Å²) in [6.07, 6.45) is -1.80. The Kier molecular flexibility index (Phi) is 4.41. The van der Waals surface area contributed by atoms with Crippen LogP contribution in [-0.4, -0.2) is 47.7 Å². The summed E-state index contributed by atoms with van der Waals surface area (Å²) >= 11 is 0. The Morgan fingerprint density at radius 3 is 2.83 bits per heavy atom. The summed E-state index contributed by atoms with van der Waals surface area (Å²) in [5, 5.41) is 0. The van der Waals surface area contributed by atoms with Crippen LogP contribution < -0.4 is 0 Å². The molecule has 0 aromatic rings. The molecule has 3 heterocycles. The van der Waals surface area contributed by atoms with E-state index < -0.39 is 50.2 Å². The van der Waals surface area contributed by atoms with Crippen molar-refractivity contribution in [2.45, 2.75) is 51.2 Å². The lowest BCUT2D eigenvalue weighted by Gasteiger charge is -2.30. The number of halogens is 1. The van der Waals surface area contributed by atoms with Gasteiger partial charge in [0, 0.05) is 12.6 Å². The molecule has 10 heteroatoms. The van der Waals surface area contributed by atoms with E-state index in [1.54, 1.807) is 13.8 Å². The van der Waals surface area contributed by atoms with Crippen LogP contribution in [0.5, 0.6) is 0 Å². The molecule has 0 N–H and O–H groups in total. The van der Waals surface area contributed by atoms with Gasteiger partial charge in [-0.2, -0.15) is 0 Å². The molecule has 23 heavy (non-hydrogen) atoms. The van der Waals surface area contributed by atoms with Gasteiger partial charge in [0.25, 0.3) is 0 Å². The molecular weight excluding hydrogens is 332 g/mol. The van der Waals surface area contributed by atoms with Crippen LogP contribution in [0.4, 0.5) is 4.39 Å². The Hall–Kier alpha value is -1.12. The van der Waals surface area contributed by atoms with Crippen LogP contribution in [0.15, 0.2) is 12.0 Å². The third-order valence-corrected chi connectivity index (χ3v) is 5.28. The SMILES string of the molecule is CC(C)OP1(=O)OC[C@H]2O[C@@H](N3C=C(F)C(=O)CC3=O)C[C@@H]2O1. The molecule has 0 aromatic heterocycles. The van der Waals surface area contributed by atoms with Gasteiger partial charge in [-0.1, -0.05) is 0 Å². The molecule has 4 atom stereocenters. The molecule has 0 spiro atoms. The molecule has 1 unspecified atom stereocenters. The Morgan fingerprint density at radius 1 is 1.39 bits per heavy atom. The van der Waals surface area contributed by atoms with Crippen molar-refractivity contribution < 1.29 is 36.9 Å². The van der Waals surface area contributed by atoms with Gasteiger partial charge in [-0.25, -0.2) is 8.96 Å². The minimum atomic E-state index is -3.67. The summed E-state index contributed by atoms with van der Waals surface area (Å²) < 4.78 is 47.0. The van der Waals surface area contributed by atoms with E-state index in [1.165, 1.54) is 0 Å². The molecule has 0 bridgehead atoms. The number of rotatable bonds is 3.